The van der Waals surface area contributed by atoms with E-state index < -0.39 is 0 Å². The van der Waals surface area contributed by atoms with Crippen molar-refractivity contribution in [2.24, 2.45) is 0 Å². The van der Waals surface area contributed by atoms with Crippen LogP contribution in [0.1, 0.15) is 13.8 Å². The minimum atomic E-state index is -0.160. The molecule has 1 rings (SSSR count). The molecule has 0 aliphatic heterocycles. The first kappa shape index (κ1) is 10.5. The summed E-state index contributed by atoms with van der Waals surface area (Å²) >= 11 is 3.33. The lowest BCUT2D eigenvalue weighted by molar-refractivity contribution is 0.619. The van der Waals surface area contributed by atoms with Crippen LogP contribution in [0.3, 0.4) is 0 Å². The van der Waals surface area contributed by atoms with E-state index in [0.717, 1.165) is 17.6 Å². The van der Waals surface area contributed by atoms with Gasteiger partial charge in [0.2, 0.25) is 0 Å². The maximum Gasteiger partial charge on any atom is 0.146 e. The summed E-state index contributed by atoms with van der Waals surface area (Å²) < 4.78 is 14.2. The fourth-order valence-electron chi connectivity index (χ4n) is 1.29. The van der Waals surface area contributed by atoms with Gasteiger partial charge in [0.25, 0.3) is 0 Å². The monoisotopic (exact) mass is 245 g/mol. The molecule has 0 atom stereocenters. The predicted molar refractivity (Wildman–Crippen MR) is 57.7 cm³/mol. The predicted octanol–water partition coefficient (Wildman–Crippen LogP) is 3.43. The van der Waals surface area contributed by atoms with Gasteiger partial charge in [-0.25, -0.2) is 4.39 Å². The molecule has 0 amide bonds. The number of halogens is 2. The number of rotatable bonds is 3. The second kappa shape index (κ2) is 4.61. The third kappa shape index (κ3) is 2.44. The normalized spacial score (nSPS) is 10.2. The van der Waals surface area contributed by atoms with E-state index in [4.69, 9.17) is 0 Å². The van der Waals surface area contributed by atoms with Crippen LogP contribution in [0.25, 0.3) is 0 Å². The Morgan fingerprint density at radius 2 is 1.92 bits per heavy atom. The first-order valence-corrected chi connectivity index (χ1v) is 5.18. The first-order valence-electron chi connectivity index (χ1n) is 4.39. The van der Waals surface area contributed by atoms with Crippen molar-refractivity contribution in [3.05, 3.63) is 28.5 Å². The number of nitrogens with zero attached hydrogens (tertiary/aromatic N) is 1. The van der Waals surface area contributed by atoms with Crippen molar-refractivity contribution in [2.45, 2.75) is 13.8 Å². The summed E-state index contributed by atoms with van der Waals surface area (Å²) in [5, 5.41) is 0. The quantitative estimate of drug-likeness (QED) is 0.789. The highest BCUT2D eigenvalue weighted by atomic mass is 79.9. The number of benzene rings is 1. The molecule has 0 fully saturated rings. The Balaban J connectivity index is 3.03. The van der Waals surface area contributed by atoms with Crippen LogP contribution in [0, 0.1) is 5.82 Å². The maximum atomic E-state index is 13.3. The van der Waals surface area contributed by atoms with Gasteiger partial charge in [0.1, 0.15) is 5.82 Å². The average molecular weight is 246 g/mol. The number of anilines is 1. The van der Waals surface area contributed by atoms with Crippen molar-refractivity contribution < 1.29 is 4.39 Å². The average Bonchev–Trinajstić information content (AvgIpc) is 2.13. The van der Waals surface area contributed by atoms with Crippen molar-refractivity contribution in [1.82, 2.24) is 0 Å². The van der Waals surface area contributed by atoms with Crippen LogP contribution < -0.4 is 4.90 Å². The molecule has 0 saturated heterocycles. The summed E-state index contributed by atoms with van der Waals surface area (Å²) in [6.45, 7) is 5.68. The SMILES string of the molecule is CCN(CC)c1cc(Br)ccc1F. The number of hydrogen-bond donors (Lipinski definition) is 0. The van der Waals surface area contributed by atoms with E-state index in [2.05, 4.69) is 15.9 Å². The molecular weight excluding hydrogens is 233 g/mol. The van der Waals surface area contributed by atoms with E-state index in [1.54, 1.807) is 6.07 Å². The Labute approximate surface area is 86.7 Å². The maximum absolute atomic E-state index is 13.3. The summed E-state index contributed by atoms with van der Waals surface area (Å²) in [6.07, 6.45) is 0. The van der Waals surface area contributed by atoms with E-state index in [-0.39, 0.29) is 5.82 Å². The van der Waals surface area contributed by atoms with Crippen molar-refractivity contribution in [2.75, 3.05) is 18.0 Å². The van der Waals surface area contributed by atoms with Crippen LogP contribution >= 0.6 is 15.9 Å². The van der Waals surface area contributed by atoms with Gasteiger partial charge in [-0.05, 0) is 32.0 Å². The molecule has 0 heterocycles. The van der Waals surface area contributed by atoms with Gasteiger partial charge in [0.05, 0.1) is 5.69 Å². The van der Waals surface area contributed by atoms with Crippen LogP contribution in [0.5, 0.6) is 0 Å². The second-order valence-electron chi connectivity index (χ2n) is 2.77. The molecule has 3 heteroatoms. The summed E-state index contributed by atoms with van der Waals surface area (Å²) in [6, 6.07) is 5.00. The molecule has 0 spiro atoms. The molecule has 0 aliphatic carbocycles. The first-order chi connectivity index (χ1) is 6.19. The van der Waals surface area contributed by atoms with Crippen LogP contribution in [0.4, 0.5) is 10.1 Å². The van der Waals surface area contributed by atoms with Crippen molar-refractivity contribution in [1.29, 1.82) is 0 Å². The zero-order valence-corrected chi connectivity index (χ0v) is 9.44. The highest BCUT2D eigenvalue weighted by Crippen LogP contribution is 2.23. The summed E-state index contributed by atoms with van der Waals surface area (Å²) in [4.78, 5) is 1.99. The molecular formula is C10H13BrFN. The molecule has 0 saturated carbocycles. The molecule has 72 valence electrons. The second-order valence-corrected chi connectivity index (χ2v) is 3.68. The molecule has 0 unspecified atom stereocenters. The Bertz CT molecular complexity index is 284. The van der Waals surface area contributed by atoms with Gasteiger partial charge >= 0.3 is 0 Å². The van der Waals surface area contributed by atoms with Crippen LogP contribution in [-0.2, 0) is 0 Å². The Kier molecular flexibility index (Phi) is 3.72. The Morgan fingerprint density at radius 3 is 2.46 bits per heavy atom. The zero-order valence-electron chi connectivity index (χ0n) is 7.85. The summed E-state index contributed by atoms with van der Waals surface area (Å²) in [5.41, 5.74) is 0.666. The Hall–Kier alpha value is -0.570. The van der Waals surface area contributed by atoms with E-state index in [0.29, 0.717) is 5.69 Å². The summed E-state index contributed by atoms with van der Waals surface area (Å²) in [7, 11) is 0. The lowest BCUT2D eigenvalue weighted by Crippen LogP contribution is -2.22. The smallest absolute Gasteiger partial charge is 0.146 e. The molecule has 13 heavy (non-hydrogen) atoms. The highest BCUT2D eigenvalue weighted by Gasteiger charge is 2.07. The molecule has 0 N–H and O–H groups in total. The van der Waals surface area contributed by atoms with Gasteiger partial charge in [-0.1, -0.05) is 15.9 Å². The third-order valence-electron chi connectivity index (χ3n) is 2.01. The molecule has 1 nitrogen and oxygen atoms in total. The fourth-order valence-corrected chi connectivity index (χ4v) is 1.64. The van der Waals surface area contributed by atoms with E-state index in [1.165, 1.54) is 6.07 Å². The fraction of sp³-hybridized carbons (Fsp3) is 0.400. The third-order valence-corrected chi connectivity index (χ3v) is 2.51. The minimum Gasteiger partial charge on any atom is -0.370 e. The highest BCUT2D eigenvalue weighted by molar-refractivity contribution is 9.10. The minimum absolute atomic E-state index is 0.160. The molecule has 1 aromatic rings. The van der Waals surface area contributed by atoms with Crippen LogP contribution in [0.15, 0.2) is 22.7 Å². The summed E-state index contributed by atoms with van der Waals surface area (Å²) in [5.74, 6) is -0.160. The molecule has 0 bridgehead atoms. The van der Waals surface area contributed by atoms with Crippen LogP contribution in [-0.4, -0.2) is 13.1 Å². The van der Waals surface area contributed by atoms with Crippen molar-refractivity contribution in [3.63, 3.8) is 0 Å². The standard InChI is InChI=1S/C10H13BrFN/c1-3-13(4-2)10-7-8(11)5-6-9(10)12/h5-7H,3-4H2,1-2H3. The van der Waals surface area contributed by atoms with E-state index >= 15 is 0 Å². The van der Waals surface area contributed by atoms with Gasteiger partial charge in [0.15, 0.2) is 0 Å². The van der Waals surface area contributed by atoms with Gasteiger partial charge in [-0.3, -0.25) is 0 Å². The largest absolute Gasteiger partial charge is 0.370 e. The molecule has 0 aliphatic rings. The lowest BCUT2D eigenvalue weighted by Gasteiger charge is -2.21. The zero-order chi connectivity index (χ0) is 9.84. The topological polar surface area (TPSA) is 3.24 Å². The molecule has 0 aromatic heterocycles. The van der Waals surface area contributed by atoms with E-state index in [1.807, 2.05) is 24.8 Å². The van der Waals surface area contributed by atoms with Crippen molar-refractivity contribution in [3.8, 4) is 0 Å². The van der Waals surface area contributed by atoms with Gasteiger partial charge in [-0.2, -0.15) is 0 Å². The molecule has 0 radical (unpaired) electrons. The van der Waals surface area contributed by atoms with E-state index in [9.17, 15) is 4.39 Å². The van der Waals surface area contributed by atoms with Crippen molar-refractivity contribution >= 4 is 21.6 Å². The lowest BCUT2D eigenvalue weighted by atomic mass is 10.2. The number of hydrogen-bond acceptors (Lipinski definition) is 1. The van der Waals surface area contributed by atoms with Crippen LogP contribution in [0.2, 0.25) is 0 Å². The van der Waals surface area contributed by atoms with Gasteiger partial charge in [-0.15, -0.1) is 0 Å². The Morgan fingerprint density at radius 1 is 1.31 bits per heavy atom. The van der Waals surface area contributed by atoms with Gasteiger partial charge < -0.3 is 4.90 Å². The molecule has 1 aromatic carbocycles. The van der Waals surface area contributed by atoms with Gasteiger partial charge in [0, 0.05) is 17.6 Å².